The molecular weight excluding hydrogens is 508 g/mol. The average molecular weight is 549 g/mol. The van der Waals surface area contributed by atoms with Crippen LogP contribution in [0.5, 0.6) is 0 Å². The molecule has 4 rings (SSSR count). The second-order valence-electron chi connectivity index (χ2n) is 11.3. The van der Waals surface area contributed by atoms with Crippen LogP contribution >= 0.6 is 11.3 Å². The van der Waals surface area contributed by atoms with Gasteiger partial charge in [0, 0.05) is 36.3 Å². The number of likely N-dealkylation sites (tertiary alicyclic amines) is 1. The molecule has 3 amide bonds. The van der Waals surface area contributed by atoms with Crippen LogP contribution in [-0.2, 0) is 27.3 Å². The lowest BCUT2D eigenvalue weighted by Crippen LogP contribution is -2.55. The normalized spacial score (nSPS) is 16.3. The van der Waals surface area contributed by atoms with Crippen molar-refractivity contribution in [2.24, 2.45) is 5.41 Å². The maximum atomic E-state index is 13.4. The highest BCUT2D eigenvalue weighted by molar-refractivity contribution is 7.09. The molecule has 1 aliphatic heterocycles. The number of carbonyl (C=O) groups excluding carboxylic acids is 3. The Hall–Kier alpha value is -3.23. The highest BCUT2D eigenvalue weighted by Gasteiger charge is 2.39. The standard InChI is InChI=1S/C31H40N4O3S/c1-31(2,3)30(38)35-17-6-12-27(35)29(37)34-26(20-22-13-14-23-9-4-5-10-24(23)19-22)28(36)33-16-8-15-32-21-25-11-7-18-39-25/h4-5,7,9-11,13-14,18-19,26-27,32H,6,8,12,15-17,20-21H2,1-3H3,(H,33,36)(H,34,37)/t26-,27+/m1/s1. The van der Waals surface area contributed by atoms with Gasteiger partial charge in [-0.3, -0.25) is 14.4 Å². The molecular formula is C31H40N4O3S. The topological polar surface area (TPSA) is 90.5 Å². The quantitative estimate of drug-likeness (QED) is 0.312. The molecule has 208 valence electrons. The minimum Gasteiger partial charge on any atom is -0.354 e. The number of fused-ring (bicyclic) bond motifs is 1. The number of amides is 3. The fraction of sp³-hybridized carbons (Fsp3) is 0.452. The number of nitrogens with zero attached hydrogens (tertiary/aromatic N) is 1. The van der Waals surface area contributed by atoms with Crippen LogP contribution in [0.3, 0.4) is 0 Å². The Labute approximate surface area is 235 Å². The third kappa shape index (κ3) is 7.90. The summed E-state index contributed by atoms with van der Waals surface area (Å²) in [6.07, 6.45) is 2.54. The minimum absolute atomic E-state index is 0.0364. The van der Waals surface area contributed by atoms with E-state index in [0.29, 0.717) is 25.9 Å². The Morgan fingerprint density at radius 1 is 1.03 bits per heavy atom. The van der Waals surface area contributed by atoms with Gasteiger partial charge in [-0.1, -0.05) is 69.3 Å². The van der Waals surface area contributed by atoms with Crippen molar-refractivity contribution in [1.82, 2.24) is 20.9 Å². The molecule has 2 heterocycles. The van der Waals surface area contributed by atoms with E-state index >= 15 is 0 Å². The zero-order chi connectivity index (χ0) is 27.8. The predicted octanol–water partition coefficient (Wildman–Crippen LogP) is 4.26. The first kappa shape index (κ1) is 28.8. The molecule has 0 unspecified atom stereocenters. The van der Waals surface area contributed by atoms with Crippen LogP contribution in [0, 0.1) is 5.41 Å². The van der Waals surface area contributed by atoms with E-state index in [-0.39, 0.29) is 17.7 Å². The Kier molecular flexibility index (Phi) is 9.75. The number of carbonyl (C=O) groups is 3. The minimum atomic E-state index is -0.732. The molecule has 8 heteroatoms. The molecule has 0 saturated carbocycles. The highest BCUT2D eigenvalue weighted by Crippen LogP contribution is 2.26. The molecule has 2 atom stereocenters. The van der Waals surface area contributed by atoms with E-state index in [1.807, 2.05) is 57.2 Å². The Balaban J connectivity index is 1.40. The third-order valence-electron chi connectivity index (χ3n) is 7.05. The molecule has 39 heavy (non-hydrogen) atoms. The van der Waals surface area contributed by atoms with Gasteiger partial charge in [0.2, 0.25) is 17.7 Å². The van der Waals surface area contributed by atoms with Crippen LogP contribution in [0.2, 0.25) is 0 Å². The molecule has 7 nitrogen and oxygen atoms in total. The van der Waals surface area contributed by atoms with Gasteiger partial charge in [-0.05, 0) is 53.6 Å². The number of hydrogen-bond donors (Lipinski definition) is 3. The summed E-state index contributed by atoms with van der Waals surface area (Å²) in [4.78, 5) is 42.7. The van der Waals surface area contributed by atoms with Crippen molar-refractivity contribution < 1.29 is 14.4 Å². The Morgan fingerprint density at radius 2 is 1.82 bits per heavy atom. The first-order valence-corrected chi connectivity index (χ1v) is 14.7. The predicted molar refractivity (Wildman–Crippen MR) is 157 cm³/mol. The molecule has 1 aromatic heterocycles. The van der Waals surface area contributed by atoms with Crippen molar-refractivity contribution in [3.8, 4) is 0 Å². The molecule has 0 aliphatic carbocycles. The van der Waals surface area contributed by atoms with Crippen molar-refractivity contribution in [2.45, 2.75) is 65.1 Å². The maximum absolute atomic E-state index is 13.4. The second-order valence-corrected chi connectivity index (χ2v) is 12.3. The Bertz CT molecular complexity index is 1270. The third-order valence-corrected chi connectivity index (χ3v) is 7.93. The molecule has 0 radical (unpaired) electrons. The van der Waals surface area contributed by atoms with Gasteiger partial charge in [-0.15, -0.1) is 11.3 Å². The van der Waals surface area contributed by atoms with E-state index in [2.05, 4.69) is 39.5 Å². The van der Waals surface area contributed by atoms with Crippen LogP contribution in [0.1, 0.15) is 50.5 Å². The number of rotatable bonds is 11. The van der Waals surface area contributed by atoms with Crippen molar-refractivity contribution in [1.29, 1.82) is 0 Å². The maximum Gasteiger partial charge on any atom is 0.243 e. The van der Waals surface area contributed by atoms with Gasteiger partial charge in [0.1, 0.15) is 12.1 Å². The van der Waals surface area contributed by atoms with E-state index in [1.54, 1.807) is 16.2 Å². The van der Waals surface area contributed by atoms with Gasteiger partial charge in [0.05, 0.1) is 0 Å². The fourth-order valence-corrected chi connectivity index (χ4v) is 5.64. The fourth-order valence-electron chi connectivity index (χ4n) is 4.96. The van der Waals surface area contributed by atoms with Gasteiger partial charge < -0.3 is 20.9 Å². The Morgan fingerprint density at radius 3 is 2.56 bits per heavy atom. The lowest BCUT2D eigenvalue weighted by Gasteiger charge is -2.31. The van der Waals surface area contributed by atoms with E-state index in [9.17, 15) is 14.4 Å². The van der Waals surface area contributed by atoms with Gasteiger partial charge in [0.25, 0.3) is 0 Å². The van der Waals surface area contributed by atoms with Crippen molar-refractivity contribution in [2.75, 3.05) is 19.6 Å². The van der Waals surface area contributed by atoms with Crippen molar-refractivity contribution >= 4 is 39.8 Å². The molecule has 1 saturated heterocycles. The van der Waals surface area contributed by atoms with Crippen molar-refractivity contribution in [3.05, 3.63) is 70.4 Å². The van der Waals surface area contributed by atoms with E-state index in [0.717, 1.165) is 42.3 Å². The van der Waals surface area contributed by atoms with E-state index < -0.39 is 17.5 Å². The zero-order valence-corrected chi connectivity index (χ0v) is 24.0. The average Bonchev–Trinajstić information content (AvgIpc) is 3.61. The first-order valence-electron chi connectivity index (χ1n) is 13.8. The van der Waals surface area contributed by atoms with Crippen LogP contribution in [0.25, 0.3) is 10.8 Å². The molecule has 3 aromatic rings. The number of nitrogens with one attached hydrogen (secondary N) is 3. The summed E-state index contributed by atoms with van der Waals surface area (Å²) < 4.78 is 0. The van der Waals surface area contributed by atoms with Gasteiger partial charge >= 0.3 is 0 Å². The highest BCUT2D eigenvalue weighted by atomic mass is 32.1. The molecule has 1 aliphatic rings. The zero-order valence-electron chi connectivity index (χ0n) is 23.2. The first-order chi connectivity index (χ1) is 18.7. The number of hydrogen-bond acceptors (Lipinski definition) is 5. The summed E-state index contributed by atoms with van der Waals surface area (Å²) in [7, 11) is 0. The monoisotopic (exact) mass is 548 g/mol. The number of thiophene rings is 1. The van der Waals surface area contributed by atoms with Gasteiger partial charge in [-0.25, -0.2) is 0 Å². The lowest BCUT2D eigenvalue weighted by atomic mass is 9.94. The summed E-state index contributed by atoms with van der Waals surface area (Å²) in [6, 6.07) is 17.1. The molecule has 2 aromatic carbocycles. The molecule has 0 bridgehead atoms. The van der Waals surface area contributed by atoms with Crippen LogP contribution in [0.15, 0.2) is 60.0 Å². The van der Waals surface area contributed by atoms with E-state index in [1.165, 1.54) is 4.88 Å². The summed E-state index contributed by atoms with van der Waals surface area (Å²) in [5.74, 6) is -0.504. The van der Waals surface area contributed by atoms with Crippen LogP contribution < -0.4 is 16.0 Å². The van der Waals surface area contributed by atoms with Gasteiger partial charge in [0.15, 0.2) is 0 Å². The second kappa shape index (κ2) is 13.2. The smallest absolute Gasteiger partial charge is 0.243 e. The summed E-state index contributed by atoms with van der Waals surface area (Å²) in [5, 5.41) is 13.7. The molecule has 0 spiro atoms. The van der Waals surface area contributed by atoms with Crippen LogP contribution in [0.4, 0.5) is 0 Å². The lowest BCUT2D eigenvalue weighted by molar-refractivity contribution is -0.145. The molecule has 1 fully saturated rings. The van der Waals surface area contributed by atoms with E-state index in [4.69, 9.17) is 0 Å². The van der Waals surface area contributed by atoms with Crippen molar-refractivity contribution in [3.63, 3.8) is 0 Å². The largest absolute Gasteiger partial charge is 0.354 e. The summed E-state index contributed by atoms with van der Waals surface area (Å²) in [5.41, 5.74) is 0.406. The summed E-state index contributed by atoms with van der Waals surface area (Å²) >= 11 is 1.72. The van der Waals surface area contributed by atoms with Crippen LogP contribution in [-0.4, -0.2) is 54.3 Å². The SMILES string of the molecule is CC(C)(C)C(=O)N1CCC[C@H]1C(=O)N[C@H](Cc1ccc2ccccc2c1)C(=O)NCCCNCc1cccs1. The number of benzene rings is 2. The molecule has 3 N–H and O–H groups in total. The summed E-state index contributed by atoms with van der Waals surface area (Å²) in [6.45, 7) is 8.28. The van der Waals surface area contributed by atoms with Gasteiger partial charge in [-0.2, -0.15) is 0 Å².